The normalized spacial score (nSPS) is 15.8. The molecule has 3 aromatic rings. The first-order valence-corrected chi connectivity index (χ1v) is 9.74. The van der Waals surface area contributed by atoms with Crippen LogP contribution in [0.25, 0.3) is 10.9 Å². The van der Waals surface area contributed by atoms with Crippen LogP contribution in [0.15, 0.2) is 47.9 Å². The first-order valence-electron chi connectivity index (χ1n) is 9.74. The average Bonchev–Trinajstić information content (AvgIpc) is 2.76. The third-order valence-corrected chi connectivity index (χ3v) is 5.02. The van der Waals surface area contributed by atoms with Gasteiger partial charge in [0.05, 0.1) is 18.8 Å². The molecule has 2 aromatic heterocycles. The fraction of sp³-hybridized carbons (Fsp3) is 0.273. The summed E-state index contributed by atoms with van der Waals surface area (Å²) in [5.74, 6) is 2.77. The molecule has 3 heterocycles. The zero-order chi connectivity index (χ0) is 21.3. The fourth-order valence-electron chi connectivity index (χ4n) is 3.37. The number of aryl methyl sites for hydroxylation is 1. The van der Waals surface area contributed by atoms with Crippen LogP contribution in [0, 0.1) is 6.92 Å². The molecular weight excluding hydrogens is 378 g/mol. The van der Waals surface area contributed by atoms with Gasteiger partial charge in [-0.05, 0) is 43.7 Å². The molecule has 0 bridgehead atoms. The summed E-state index contributed by atoms with van der Waals surface area (Å²) in [7, 11) is 5.46. The van der Waals surface area contributed by atoms with E-state index in [-0.39, 0.29) is 6.04 Å². The molecule has 1 aliphatic heterocycles. The quantitative estimate of drug-likeness (QED) is 0.671. The molecule has 0 fully saturated rings. The zero-order valence-electron chi connectivity index (χ0n) is 17.8. The van der Waals surface area contributed by atoms with Crippen LogP contribution in [0.1, 0.15) is 18.1 Å². The van der Waals surface area contributed by atoms with Crippen molar-refractivity contribution in [2.75, 3.05) is 31.8 Å². The van der Waals surface area contributed by atoms with Gasteiger partial charge in [-0.2, -0.15) is 0 Å². The molecule has 8 nitrogen and oxygen atoms in total. The Kier molecular flexibility index (Phi) is 5.22. The van der Waals surface area contributed by atoms with Crippen LogP contribution in [0.5, 0.6) is 5.75 Å². The van der Waals surface area contributed by atoms with Crippen molar-refractivity contribution in [3.8, 4) is 5.75 Å². The van der Waals surface area contributed by atoms with Crippen LogP contribution < -0.4 is 15.4 Å². The van der Waals surface area contributed by atoms with Crippen molar-refractivity contribution in [1.29, 1.82) is 0 Å². The summed E-state index contributed by atoms with van der Waals surface area (Å²) < 4.78 is 5.63. The molecule has 0 aliphatic carbocycles. The van der Waals surface area contributed by atoms with E-state index in [1.165, 1.54) is 0 Å². The molecule has 1 atom stereocenters. The van der Waals surface area contributed by atoms with Gasteiger partial charge in [-0.1, -0.05) is 0 Å². The number of benzene rings is 1. The summed E-state index contributed by atoms with van der Waals surface area (Å²) in [5, 5.41) is 7.31. The number of pyridine rings is 1. The van der Waals surface area contributed by atoms with E-state index >= 15 is 0 Å². The molecule has 1 aliphatic rings. The number of methoxy groups -OCH3 is 1. The lowest BCUT2D eigenvalue weighted by Crippen LogP contribution is -2.27. The van der Waals surface area contributed by atoms with E-state index in [1.54, 1.807) is 7.11 Å². The van der Waals surface area contributed by atoms with Crippen molar-refractivity contribution in [3.05, 3.63) is 54.0 Å². The molecule has 1 aromatic carbocycles. The van der Waals surface area contributed by atoms with Gasteiger partial charge in [-0.25, -0.2) is 15.0 Å². The van der Waals surface area contributed by atoms with Crippen molar-refractivity contribution in [3.63, 3.8) is 0 Å². The molecule has 1 unspecified atom stereocenters. The number of nitrogens with one attached hydrogen (secondary N) is 2. The van der Waals surface area contributed by atoms with Gasteiger partial charge in [0, 0.05) is 43.6 Å². The first kappa shape index (κ1) is 19.6. The van der Waals surface area contributed by atoms with E-state index in [9.17, 15) is 0 Å². The molecule has 4 rings (SSSR count). The summed E-state index contributed by atoms with van der Waals surface area (Å²) in [4.78, 5) is 20.3. The van der Waals surface area contributed by atoms with Crippen LogP contribution in [0.4, 0.5) is 17.5 Å². The van der Waals surface area contributed by atoms with E-state index in [0.29, 0.717) is 17.5 Å². The lowest BCUT2D eigenvalue weighted by Gasteiger charge is -2.23. The monoisotopic (exact) mass is 403 g/mol. The summed E-state index contributed by atoms with van der Waals surface area (Å²) in [6.45, 7) is 4.05. The van der Waals surface area contributed by atoms with Gasteiger partial charge in [0.1, 0.15) is 17.1 Å². The summed E-state index contributed by atoms with van der Waals surface area (Å²) in [6, 6.07) is 6.08. The minimum atomic E-state index is 0.143. The molecule has 8 heteroatoms. The Balaban J connectivity index is 1.68. The number of aliphatic imine (C=N–C) groups is 1. The Hall–Kier alpha value is -3.68. The zero-order valence-corrected chi connectivity index (χ0v) is 17.8. The fourth-order valence-corrected chi connectivity index (χ4v) is 3.37. The molecule has 0 saturated carbocycles. The second-order valence-electron chi connectivity index (χ2n) is 7.18. The Morgan fingerprint density at radius 3 is 2.77 bits per heavy atom. The van der Waals surface area contributed by atoms with Crippen molar-refractivity contribution >= 4 is 34.2 Å². The molecule has 0 saturated heterocycles. The van der Waals surface area contributed by atoms with Gasteiger partial charge in [-0.3, -0.25) is 4.99 Å². The van der Waals surface area contributed by atoms with Crippen molar-refractivity contribution in [1.82, 2.24) is 19.9 Å². The Bertz CT molecular complexity index is 1160. The van der Waals surface area contributed by atoms with Crippen LogP contribution in [0.2, 0.25) is 0 Å². The van der Waals surface area contributed by atoms with Crippen molar-refractivity contribution in [2.24, 2.45) is 4.99 Å². The highest BCUT2D eigenvalue weighted by Crippen LogP contribution is 2.30. The number of rotatable bonds is 5. The maximum atomic E-state index is 5.63. The molecular formula is C22H25N7O. The molecule has 2 N–H and O–H groups in total. The number of anilines is 3. The number of hydrogen-bond donors (Lipinski definition) is 2. The van der Waals surface area contributed by atoms with Gasteiger partial charge in [0.15, 0.2) is 5.82 Å². The van der Waals surface area contributed by atoms with E-state index < -0.39 is 0 Å². The number of ether oxygens (including phenoxy) is 1. The lowest BCUT2D eigenvalue weighted by molar-refractivity contribution is 0.416. The number of amidine groups is 1. The predicted molar refractivity (Wildman–Crippen MR) is 121 cm³/mol. The summed E-state index contributed by atoms with van der Waals surface area (Å²) in [5.41, 5.74) is 3.55. The Morgan fingerprint density at radius 1 is 1.17 bits per heavy atom. The lowest BCUT2D eigenvalue weighted by atomic mass is 10.1. The van der Waals surface area contributed by atoms with Crippen molar-refractivity contribution < 1.29 is 4.74 Å². The maximum Gasteiger partial charge on any atom is 0.227 e. The van der Waals surface area contributed by atoms with Gasteiger partial charge in [0.25, 0.3) is 0 Å². The van der Waals surface area contributed by atoms with Gasteiger partial charge in [0.2, 0.25) is 5.95 Å². The van der Waals surface area contributed by atoms with E-state index in [0.717, 1.165) is 33.6 Å². The second-order valence-corrected chi connectivity index (χ2v) is 7.18. The molecule has 0 amide bonds. The van der Waals surface area contributed by atoms with Crippen LogP contribution in [-0.2, 0) is 0 Å². The molecule has 154 valence electrons. The van der Waals surface area contributed by atoms with E-state index in [2.05, 4.69) is 38.6 Å². The topological polar surface area (TPSA) is 87.6 Å². The van der Waals surface area contributed by atoms with Crippen LogP contribution in [0.3, 0.4) is 0 Å². The van der Waals surface area contributed by atoms with Gasteiger partial charge < -0.3 is 20.3 Å². The van der Waals surface area contributed by atoms with Gasteiger partial charge >= 0.3 is 0 Å². The average molecular weight is 403 g/mol. The highest BCUT2D eigenvalue weighted by Gasteiger charge is 2.16. The van der Waals surface area contributed by atoms with Gasteiger partial charge in [-0.15, -0.1) is 0 Å². The minimum absolute atomic E-state index is 0.143. The predicted octanol–water partition coefficient (Wildman–Crippen LogP) is 3.72. The number of hydrogen-bond acceptors (Lipinski definition) is 8. The summed E-state index contributed by atoms with van der Waals surface area (Å²) >= 11 is 0. The number of aromatic nitrogens is 3. The highest BCUT2D eigenvalue weighted by molar-refractivity contribution is 6.00. The minimum Gasteiger partial charge on any atom is -0.495 e. The first-order chi connectivity index (χ1) is 14.5. The van der Waals surface area contributed by atoms with Crippen LogP contribution >= 0.6 is 0 Å². The summed E-state index contributed by atoms with van der Waals surface area (Å²) in [6.07, 6.45) is 7.71. The molecule has 0 radical (unpaired) electrons. The largest absolute Gasteiger partial charge is 0.495 e. The number of fused-ring (bicyclic) bond motifs is 1. The Morgan fingerprint density at radius 2 is 2.00 bits per heavy atom. The standard InChI is InChI=1S/C22H25N7O/c1-13-11-24-20(23-3)19-16(13)12-25-22(28-19)27-17-7-6-15(10-18(17)30-5)21-26-14(2)8-9-29(21)4/h6-12,14H,1-5H3,(H,23,24)(H,25,27,28). The van der Waals surface area contributed by atoms with Crippen LogP contribution in [-0.4, -0.2) is 52.9 Å². The smallest absolute Gasteiger partial charge is 0.227 e. The molecule has 0 spiro atoms. The SMILES string of the molecule is CNc1ncc(C)c2cnc(Nc3ccc(C4=NC(C)C=CN4C)cc3OC)nc12. The van der Waals surface area contributed by atoms with E-state index in [1.807, 2.05) is 62.7 Å². The molecule has 30 heavy (non-hydrogen) atoms. The maximum absolute atomic E-state index is 5.63. The third-order valence-electron chi connectivity index (χ3n) is 5.02. The highest BCUT2D eigenvalue weighted by atomic mass is 16.5. The Labute approximate surface area is 175 Å². The third kappa shape index (κ3) is 3.63. The van der Waals surface area contributed by atoms with E-state index in [4.69, 9.17) is 9.73 Å². The van der Waals surface area contributed by atoms with Crippen molar-refractivity contribution in [2.45, 2.75) is 19.9 Å². The second kappa shape index (κ2) is 7.98. The number of nitrogens with zero attached hydrogens (tertiary/aromatic N) is 5.